The molecular formula is C4H4NO. The molecule has 1 radical (unpaired) electrons. The first-order chi connectivity index (χ1) is 3.00. The fraction of sp³-hybridized carbons (Fsp3) is 0. The predicted octanol–water partition coefficient (Wildman–Crippen LogP) is 0.352. The lowest BCUT2D eigenvalue weighted by Gasteiger charge is -1.97. The molecule has 0 fully saturated rings. The van der Waals surface area contributed by atoms with E-state index in [-0.39, 0.29) is 0 Å². The average molecular weight is 82.1 g/mol. The molecule has 0 amide bonds. The Balaban J connectivity index is 2.46. The van der Waals surface area contributed by atoms with Crippen LogP contribution in [0.15, 0.2) is 18.5 Å². The van der Waals surface area contributed by atoms with Gasteiger partial charge in [-0.15, -0.1) is 0 Å². The fourth-order valence-corrected chi connectivity index (χ4v) is 0.229. The molecule has 0 saturated heterocycles. The second kappa shape index (κ2) is 1.50. The minimum atomic E-state index is 1.44. The van der Waals surface area contributed by atoms with Gasteiger partial charge >= 0.3 is 0 Å². The van der Waals surface area contributed by atoms with Crippen LogP contribution in [0.1, 0.15) is 0 Å². The van der Waals surface area contributed by atoms with E-state index in [1.165, 1.54) is 6.26 Å². The number of hydroxylamine groups is 1. The maximum Gasteiger partial charge on any atom is 0.127 e. The molecule has 0 saturated carbocycles. The van der Waals surface area contributed by atoms with Crippen LogP contribution in [0.5, 0.6) is 0 Å². The van der Waals surface area contributed by atoms with Gasteiger partial charge in [-0.05, 0) is 6.08 Å². The Bertz CT molecular complexity index is 73.5. The van der Waals surface area contributed by atoms with Crippen LogP contribution < -0.4 is 5.48 Å². The van der Waals surface area contributed by atoms with Gasteiger partial charge in [-0.2, -0.15) is 0 Å². The molecule has 0 bridgehead atoms. The summed E-state index contributed by atoms with van der Waals surface area (Å²) in [5.41, 5.74) is 2.49. The molecule has 0 aromatic heterocycles. The van der Waals surface area contributed by atoms with Crippen molar-refractivity contribution < 1.29 is 4.84 Å². The van der Waals surface area contributed by atoms with E-state index in [9.17, 15) is 0 Å². The third-order valence-corrected chi connectivity index (χ3v) is 0.443. The molecule has 2 nitrogen and oxygen atoms in total. The predicted molar refractivity (Wildman–Crippen MR) is 21.2 cm³/mol. The fourth-order valence-electron chi connectivity index (χ4n) is 0.229. The number of hydrogen-bond donors (Lipinski definition) is 1. The number of allylic oxidation sites excluding steroid dienone is 2. The summed E-state index contributed by atoms with van der Waals surface area (Å²) >= 11 is 0. The van der Waals surface area contributed by atoms with Crippen molar-refractivity contribution in [2.75, 3.05) is 0 Å². The van der Waals surface area contributed by atoms with Crippen molar-refractivity contribution >= 4 is 0 Å². The molecule has 6 heavy (non-hydrogen) atoms. The van der Waals surface area contributed by atoms with Crippen molar-refractivity contribution in [3.05, 3.63) is 24.6 Å². The summed E-state index contributed by atoms with van der Waals surface area (Å²) < 4.78 is 0. The van der Waals surface area contributed by atoms with Crippen LogP contribution in [-0.2, 0) is 4.84 Å². The highest BCUT2D eigenvalue weighted by atomic mass is 16.6. The highest BCUT2D eigenvalue weighted by Crippen LogP contribution is 1.79. The zero-order chi connectivity index (χ0) is 4.24. The van der Waals surface area contributed by atoms with Crippen molar-refractivity contribution in [2.45, 2.75) is 0 Å². The molecule has 0 unspecified atom stereocenters. The number of rotatable bonds is 0. The lowest BCUT2D eigenvalue weighted by atomic mass is 10.6. The molecule has 1 aliphatic rings. The molecule has 1 aliphatic heterocycles. The summed E-state index contributed by atoms with van der Waals surface area (Å²) in [5.74, 6) is 0. The molecule has 1 rings (SSSR count). The Hall–Kier alpha value is -0.920. The Morgan fingerprint density at radius 1 is 1.67 bits per heavy atom. The molecule has 0 spiro atoms. The first kappa shape index (κ1) is 3.28. The SMILES string of the molecule is [C]1=CONC=C1. The standard InChI is InChI=1S/C4H4NO/c1-2-4-6-5-3-1/h1,3-5H. The van der Waals surface area contributed by atoms with Crippen LogP contribution in [0.25, 0.3) is 0 Å². The van der Waals surface area contributed by atoms with E-state index in [0.29, 0.717) is 0 Å². The van der Waals surface area contributed by atoms with Crippen molar-refractivity contribution in [3.63, 3.8) is 0 Å². The Morgan fingerprint density at radius 2 is 2.67 bits per heavy atom. The largest absolute Gasteiger partial charge is 0.390 e. The Morgan fingerprint density at radius 3 is 2.83 bits per heavy atom. The van der Waals surface area contributed by atoms with Crippen molar-refractivity contribution in [1.29, 1.82) is 0 Å². The number of nitrogens with one attached hydrogen (secondary N) is 1. The molecule has 0 aromatic carbocycles. The van der Waals surface area contributed by atoms with Crippen LogP contribution in [0.4, 0.5) is 0 Å². The van der Waals surface area contributed by atoms with Gasteiger partial charge in [0, 0.05) is 12.3 Å². The van der Waals surface area contributed by atoms with Crippen molar-refractivity contribution in [1.82, 2.24) is 5.48 Å². The van der Waals surface area contributed by atoms with Crippen molar-refractivity contribution in [2.24, 2.45) is 0 Å². The molecule has 31 valence electrons. The quantitative estimate of drug-likeness (QED) is 0.455. The van der Waals surface area contributed by atoms with Gasteiger partial charge in [0.1, 0.15) is 6.26 Å². The molecule has 1 N–H and O–H groups in total. The third kappa shape index (κ3) is 0.516. The van der Waals surface area contributed by atoms with Gasteiger partial charge in [0.2, 0.25) is 0 Å². The van der Waals surface area contributed by atoms with Crippen LogP contribution in [-0.4, -0.2) is 0 Å². The molecular weight excluding hydrogens is 78.0 g/mol. The van der Waals surface area contributed by atoms with Crippen molar-refractivity contribution in [3.8, 4) is 0 Å². The van der Waals surface area contributed by atoms with Gasteiger partial charge in [0.25, 0.3) is 0 Å². The maximum absolute atomic E-state index is 4.50. The average Bonchev–Trinajstić information content (AvgIpc) is 1.72. The monoisotopic (exact) mass is 82.0 g/mol. The van der Waals surface area contributed by atoms with E-state index in [1.54, 1.807) is 12.3 Å². The second-order valence-corrected chi connectivity index (χ2v) is 0.854. The van der Waals surface area contributed by atoms with Crippen LogP contribution >= 0.6 is 0 Å². The van der Waals surface area contributed by atoms with E-state index < -0.39 is 0 Å². The first-order valence-corrected chi connectivity index (χ1v) is 1.64. The normalized spacial score (nSPS) is 16.0. The molecule has 0 aromatic rings. The Kier molecular flexibility index (Phi) is 0.819. The van der Waals surface area contributed by atoms with Gasteiger partial charge in [0.15, 0.2) is 0 Å². The smallest absolute Gasteiger partial charge is 0.127 e. The highest BCUT2D eigenvalue weighted by molar-refractivity contribution is 4.92. The van der Waals surface area contributed by atoms with E-state index in [2.05, 4.69) is 16.4 Å². The lowest BCUT2D eigenvalue weighted by molar-refractivity contribution is 0.170. The topological polar surface area (TPSA) is 21.3 Å². The summed E-state index contributed by atoms with van der Waals surface area (Å²) in [6.45, 7) is 0. The minimum Gasteiger partial charge on any atom is -0.390 e. The summed E-state index contributed by atoms with van der Waals surface area (Å²) in [6.07, 6.45) is 7.52. The maximum atomic E-state index is 4.50. The summed E-state index contributed by atoms with van der Waals surface area (Å²) in [5, 5.41) is 0. The van der Waals surface area contributed by atoms with Gasteiger partial charge in [-0.3, -0.25) is 0 Å². The molecule has 0 aliphatic carbocycles. The van der Waals surface area contributed by atoms with Crippen LogP contribution in [0.2, 0.25) is 0 Å². The zero-order valence-electron chi connectivity index (χ0n) is 3.14. The van der Waals surface area contributed by atoms with E-state index >= 15 is 0 Å². The van der Waals surface area contributed by atoms with E-state index in [1.807, 2.05) is 0 Å². The minimum absolute atomic E-state index is 1.44. The van der Waals surface area contributed by atoms with Gasteiger partial charge in [-0.1, -0.05) is 0 Å². The van der Waals surface area contributed by atoms with E-state index in [4.69, 9.17) is 0 Å². The summed E-state index contributed by atoms with van der Waals surface area (Å²) in [7, 11) is 0. The molecule has 0 atom stereocenters. The first-order valence-electron chi connectivity index (χ1n) is 1.64. The van der Waals surface area contributed by atoms with Crippen LogP contribution in [0, 0.1) is 6.08 Å². The third-order valence-electron chi connectivity index (χ3n) is 0.443. The van der Waals surface area contributed by atoms with Gasteiger partial charge in [-0.25, -0.2) is 5.48 Å². The van der Waals surface area contributed by atoms with Gasteiger partial charge in [0.05, 0.1) is 0 Å². The molecule has 1 heterocycles. The Labute approximate surface area is 36.1 Å². The van der Waals surface area contributed by atoms with E-state index in [0.717, 1.165) is 0 Å². The van der Waals surface area contributed by atoms with Gasteiger partial charge < -0.3 is 4.84 Å². The number of hydrogen-bond acceptors (Lipinski definition) is 2. The summed E-state index contributed by atoms with van der Waals surface area (Å²) in [4.78, 5) is 4.50. The summed E-state index contributed by atoms with van der Waals surface area (Å²) in [6, 6.07) is 0. The second-order valence-electron chi connectivity index (χ2n) is 0.854. The molecule has 2 heteroatoms. The highest BCUT2D eigenvalue weighted by Gasteiger charge is 1.73. The lowest BCUT2D eigenvalue weighted by Crippen LogP contribution is -2.01. The van der Waals surface area contributed by atoms with Crippen LogP contribution in [0.3, 0.4) is 0 Å². The zero-order valence-corrected chi connectivity index (χ0v) is 3.14.